The number of carbonyl (C=O) groups excluding carboxylic acids is 1. The van der Waals surface area contributed by atoms with E-state index in [4.69, 9.17) is 0 Å². The van der Waals surface area contributed by atoms with E-state index in [-0.39, 0.29) is 30.7 Å². The first-order chi connectivity index (χ1) is 8.97. The average Bonchev–Trinajstić information content (AvgIpc) is 2.39. The van der Waals surface area contributed by atoms with Crippen molar-refractivity contribution in [2.45, 2.75) is 70.0 Å². The third-order valence-electron chi connectivity index (χ3n) is 4.51. The largest absolute Gasteiger partial charge is 0.391 e. The van der Waals surface area contributed by atoms with Gasteiger partial charge in [0.15, 0.2) is 0 Å². The number of nitrogens with one attached hydrogen (secondary N) is 1. The van der Waals surface area contributed by atoms with Gasteiger partial charge in [0.1, 0.15) is 0 Å². The molecular weight excluding hydrogens is 255 g/mol. The lowest BCUT2D eigenvalue weighted by atomic mass is 9.84. The lowest BCUT2D eigenvalue weighted by molar-refractivity contribution is -0.182. The van der Waals surface area contributed by atoms with E-state index in [0.717, 1.165) is 25.7 Å². The van der Waals surface area contributed by atoms with Gasteiger partial charge in [-0.1, -0.05) is 19.3 Å². The summed E-state index contributed by atoms with van der Waals surface area (Å²) >= 11 is 0. The zero-order chi connectivity index (χ0) is 13.9. The van der Waals surface area contributed by atoms with Gasteiger partial charge >= 0.3 is 6.18 Å². The van der Waals surface area contributed by atoms with E-state index >= 15 is 0 Å². The number of amides is 1. The molecule has 0 aliphatic heterocycles. The number of hydrogen-bond donors (Lipinski definition) is 1. The number of carbonyl (C=O) groups is 1. The Morgan fingerprint density at radius 2 is 1.47 bits per heavy atom. The van der Waals surface area contributed by atoms with Crippen LogP contribution in [0.15, 0.2) is 0 Å². The Bertz CT molecular complexity index is 302. The molecule has 0 aromatic rings. The van der Waals surface area contributed by atoms with Crippen molar-refractivity contribution in [3.05, 3.63) is 0 Å². The quantitative estimate of drug-likeness (QED) is 0.817. The average molecular weight is 277 g/mol. The van der Waals surface area contributed by atoms with E-state index in [1.54, 1.807) is 0 Å². The molecule has 2 rings (SSSR count). The van der Waals surface area contributed by atoms with Crippen LogP contribution in [-0.2, 0) is 4.79 Å². The van der Waals surface area contributed by atoms with Crippen molar-refractivity contribution < 1.29 is 18.0 Å². The first kappa shape index (κ1) is 14.7. The summed E-state index contributed by atoms with van der Waals surface area (Å²) in [6.07, 6.45) is 2.41. The topological polar surface area (TPSA) is 29.1 Å². The summed E-state index contributed by atoms with van der Waals surface area (Å²) in [5.74, 6) is -1.01. The van der Waals surface area contributed by atoms with Gasteiger partial charge in [-0.05, 0) is 38.5 Å². The van der Waals surface area contributed by atoms with E-state index < -0.39 is 12.1 Å². The molecule has 2 aliphatic carbocycles. The van der Waals surface area contributed by atoms with Crippen molar-refractivity contribution in [3.63, 3.8) is 0 Å². The Kier molecular flexibility index (Phi) is 4.74. The number of hydrogen-bond acceptors (Lipinski definition) is 1. The molecule has 2 nitrogen and oxygen atoms in total. The van der Waals surface area contributed by atoms with Crippen LogP contribution < -0.4 is 5.32 Å². The van der Waals surface area contributed by atoms with Crippen molar-refractivity contribution in [1.29, 1.82) is 0 Å². The molecule has 0 unspecified atom stereocenters. The Morgan fingerprint density at radius 3 is 2.00 bits per heavy atom. The van der Waals surface area contributed by atoms with Crippen LogP contribution in [0.4, 0.5) is 13.2 Å². The minimum atomic E-state index is -4.07. The van der Waals surface area contributed by atoms with E-state index in [9.17, 15) is 18.0 Å². The Morgan fingerprint density at radius 1 is 0.895 bits per heavy atom. The van der Waals surface area contributed by atoms with E-state index in [2.05, 4.69) is 5.32 Å². The highest BCUT2D eigenvalue weighted by atomic mass is 19.4. The summed E-state index contributed by atoms with van der Waals surface area (Å²) in [4.78, 5) is 12.0. The zero-order valence-electron chi connectivity index (χ0n) is 11.1. The van der Waals surface area contributed by atoms with E-state index in [1.807, 2.05) is 0 Å². The van der Waals surface area contributed by atoms with Gasteiger partial charge in [0, 0.05) is 12.0 Å². The lowest BCUT2D eigenvalue weighted by Crippen LogP contribution is -2.42. The van der Waals surface area contributed by atoms with Gasteiger partial charge in [0.25, 0.3) is 0 Å². The molecule has 1 amide bonds. The van der Waals surface area contributed by atoms with Crippen molar-refractivity contribution in [2.75, 3.05) is 0 Å². The standard InChI is InChI=1S/C14H22F3NO/c15-14(16,17)11-6-8-12(9-7-11)18-13(19)10-4-2-1-3-5-10/h10-12H,1-9H2,(H,18,19). The molecule has 0 aromatic carbocycles. The molecule has 0 spiro atoms. The van der Waals surface area contributed by atoms with Gasteiger partial charge in [-0.25, -0.2) is 0 Å². The van der Waals surface area contributed by atoms with Crippen LogP contribution in [0.1, 0.15) is 57.8 Å². The second-order valence-electron chi connectivity index (χ2n) is 5.93. The molecule has 0 heterocycles. The number of rotatable bonds is 2. The maximum atomic E-state index is 12.5. The molecule has 19 heavy (non-hydrogen) atoms. The van der Waals surface area contributed by atoms with Crippen LogP contribution in [-0.4, -0.2) is 18.1 Å². The molecular formula is C14H22F3NO. The van der Waals surface area contributed by atoms with Gasteiger partial charge < -0.3 is 5.32 Å². The van der Waals surface area contributed by atoms with E-state index in [0.29, 0.717) is 12.8 Å². The molecule has 0 saturated heterocycles. The highest BCUT2D eigenvalue weighted by Crippen LogP contribution is 2.37. The lowest BCUT2D eigenvalue weighted by Gasteiger charge is -2.31. The molecule has 0 bridgehead atoms. The summed E-state index contributed by atoms with van der Waals surface area (Å²) in [6, 6.07) is -0.0481. The molecule has 0 atom stereocenters. The molecule has 0 radical (unpaired) electrons. The van der Waals surface area contributed by atoms with Crippen LogP contribution in [0, 0.1) is 11.8 Å². The molecule has 110 valence electrons. The first-order valence-corrected chi connectivity index (χ1v) is 7.34. The SMILES string of the molecule is O=C(NC1CCC(C(F)(F)F)CC1)C1CCCCC1. The summed E-state index contributed by atoms with van der Waals surface area (Å²) in [6.45, 7) is 0. The number of halogens is 3. The fraction of sp³-hybridized carbons (Fsp3) is 0.929. The van der Waals surface area contributed by atoms with Crippen molar-refractivity contribution in [1.82, 2.24) is 5.32 Å². The van der Waals surface area contributed by atoms with Crippen LogP contribution in [0.5, 0.6) is 0 Å². The van der Waals surface area contributed by atoms with Crippen LogP contribution in [0.3, 0.4) is 0 Å². The second kappa shape index (κ2) is 6.14. The van der Waals surface area contributed by atoms with Gasteiger partial charge in [-0.15, -0.1) is 0 Å². The van der Waals surface area contributed by atoms with Crippen LogP contribution in [0.25, 0.3) is 0 Å². The Labute approximate surface area is 112 Å². The van der Waals surface area contributed by atoms with Gasteiger partial charge in [0.05, 0.1) is 5.92 Å². The summed E-state index contributed by atoms with van der Waals surface area (Å²) in [5, 5.41) is 2.95. The third kappa shape index (κ3) is 4.11. The maximum Gasteiger partial charge on any atom is 0.391 e. The summed E-state index contributed by atoms with van der Waals surface area (Å²) in [7, 11) is 0. The van der Waals surface area contributed by atoms with Crippen molar-refractivity contribution >= 4 is 5.91 Å². The van der Waals surface area contributed by atoms with Crippen molar-refractivity contribution in [3.8, 4) is 0 Å². The highest BCUT2D eigenvalue weighted by molar-refractivity contribution is 5.79. The highest BCUT2D eigenvalue weighted by Gasteiger charge is 2.41. The minimum absolute atomic E-state index is 0.0481. The fourth-order valence-electron chi connectivity index (χ4n) is 3.25. The molecule has 2 saturated carbocycles. The molecule has 2 fully saturated rings. The first-order valence-electron chi connectivity index (χ1n) is 7.34. The maximum absolute atomic E-state index is 12.5. The number of alkyl halides is 3. The Balaban J connectivity index is 1.74. The van der Waals surface area contributed by atoms with Gasteiger partial charge in [-0.2, -0.15) is 13.2 Å². The minimum Gasteiger partial charge on any atom is -0.353 e. The predicted octanol–water partition coefficient (Wildman–Crippen LogP) is 3.80. The van der Waals surface area contributed by atoms with Gasteiger partial charge in [0.2, 0.25) is 5.91 Å². The normalized spacial score (nSPS) is 30.1. The van der Waals surface area contributed by atoms with Crippen molar-refractivity contribution in [2.24, 2.45) is 11.8 Å². The monoisotopic (exact) mass is 277 g/mol. The summed E-state index contributed by atoms with van der Waals surface area (Å²) in [5.41, 5.74) is 0. The smallest absolute Gasteiger partial charge is 0.353 e. The molecule has 5 heteroatoms. The van der Waals surface area contributed by atoms with Gasteiger partial charge in [-0.3, -0.25) is 4.79 Å². The summed E-state index contributed by atoms with van der Waals surface area (Å²) < 4.78 is 37.6. The predicted molar refractivity (Wildman–Crippen MR) is 66.5 cm³/mol. The Hall–Kier alpha value is -0.740. The fourth-order valence-corrected chi connectivity index (χ4v) is 3.25. The zero-order valence-corrected chi connectivity index (χ0v) is 11.1. The molecule has 0 aromatic heterocycles. The van der Waals surface area contributed by atoms with E-state index in [1.165, 1.54) is 6.42 Å². The third-order valence-corrected chi connectivity index (χ3v) is 4.51. The second-order valence-corrected chi connectivity index (χ2v) is 5.93. The van der Waals surface area contributed by atoms with Crippen LogP contribution in [0.2, 0.25) is 0 Å². The molecule has 1 N–H and O–H groups in total. The van der Waals surface area contributed by atoms with Crippen LogP contribution >= 0.6 is 0 Å². The molecule has 2 aliphatic rings.